The average molecular weight is 700 g/mol. The van der Waals surface area contributed by atoms with Crippen molar-refractivity contribution in [3.63, 3.8) is 0 Å². The lowest BCUT2D eigenvalue weighted by atomic mass is 10.0. The molecule has 0 saturated carbocycles. The van der Waals surface area contributed by atoms with Crippen molar-refractivity contribution in [1.82, 2.24) is 23.7 Å². The van der Waals surface area contributed by atoms with Gasteiger partial charge in [-0.1, -0.05) is 121 Å². The fourth-order valence-corrected chi connectivity index (χ4v) is 9.64. The Morgan fingerprint density at radius 2 is 0.873 bits per heavy atom. The predicted octanol–water partition coefficient (Wildman–Crippen LogP) is 12.6. The van der Waals surface area contributed by atoms with Gasteiger partial charge in [-0.25, -0.2) is 0 Å². The molecule has 0 spiro atoms. The highest BCUT2D eigenvalue weighted by atomic mass is 15.2. The second kappa shape index (κ2) is 10.6. The molecule has 0 aliphatic rings. The first-order valence-electron chi connectivity index (χ1n) is 18.8. The summed E-state index contributed by atoms with van der Waals surface area (Å²) in [5.41, 5.74) is 11.4. The molecule has 0 saturated heterocycles. The predicted molar refractivity (Wildman–Crippen MR) is 228 cm³/mol. The maximum atomic E-state index is 5.17. The summed E-state index contributed by atoms with van der Waals surface area (Å²) in [4.78, 5) is 0. The minimum atomic E-state index is 0.828. The van der Waals surface area contributed by atoms with Crippen molar-refractivity contribution in [2.45, 2.75) is 0 Å². The summed E-state index contributed by atoms with van der Waals surface area (Å²) in [6.45, 7) is 0. The second-order valence-corrected chi connectivity index (χ2v) is 14.6. The molecule has 13 aromatic rings. The van der Waals surface area contributed by atoms with Crippen LogP contribution in [0.2, 0.25) is 0 Å². The van der Waals surface area contributed by atoms with Crippen LogP contribution in [0.15, 0.2) is 176 Å². The highest BCUT2D eigenvalue weighted by Crippen LogP contribution is 2.47. The molecule has 8 aromatic carbocycles. The Labute approximate surface area is 313 Å². The van der Waals surface area contributed by atoms with Gasteiger partial charge in [-0.05, 0) is 54.6 Å². The summed E-state index contributed by atoms with van der Waals surface area (Å²) in [5.74, 6) is 0.828. The third-order valence-electron chi connectivity index (χ3n) is 11.8. The van der Waals surface area contributed by atoms with Crippen molar-refractivity contribution in [1.29, 1.82) is 0 Å². The van der Waals surface area contributed by atoms with E-state index in [4.69, 9.17) is 10.2 Å². The molecule has 55 heavy (non-hydrogen) atoms. The Balaban J connectivity index is 1.11. The van der Waals surface area contributed by atoms with Gasteiger partial charge in [0.05, 0.1) is 38.6 Å². The van der Waals surface area contributed by atoms with E-state index in [1.165, 1.54) is 65.2 Å². The van der Waals surface area contributed by atoms with E-state index in [-0.39, 0.29) is 0 Å². The molecule has 5 heterocycles. The zero-order valence-corrected chi connectivity index (χ0v) is 29.5. The first kappa shape index (κ1) is 29.0. The summed E-state index contributed by atoms with van der Waals surface area (Å²) in [6, 6.07) is 63.3. The number of nitrogens with zero attached hydrogens (tertiary/aromatic N) is 5. The molecule has 5 aromatic heterocycles. The van der Waals surface area contributed by atoms with Crippen LogP contribution in [0.25, 0.3) is 115 Å². The standard InChI is InChI=1S/C50H29N5/c1-2-14-31(15-3-1)53-40-22-10-6-16-32(40)38-28-30(26-27-44(38)53)48-34-18-4-5-19-35(34)50(52-51-48)55-43-25-13-8-20-36(43)46-45(55)29-39-33-17-7-11-23-41(33)54-42-24-12-9-21-37(42)47(46)49(39)54/h1-29H. The fraction of sp³-hybridized carbons (Fsp3) is 0. The molecule has 254 valence electrons. The van der Waals surface area contributed by atoms with Gasteiger partial charge in [0.2, 0.25) is 0 Å². The zero-order valence-electron chi connectivity index (χ0n) is 29.5. The first-order valence-corrected chi connectivity index (χ1v) is 18.8. The van der Waals surface area contributed by atoms with Crippen LogP contribution in [0.3, 0.4) is 0 Å². The van der Waals surface area contributed by atoms with Gasteiger partial charge in [-0.15, -0.1) is 10.2 Å². The number of aromatic nitrogens is 5. The van der Waals surface area contributed by atoms with Crippen molar-refractivity contribution in [2.75, 3.05) is 0 Å². The average Bonchev–Trinajstić information content (AvgIpc) is 3.97. The van der Waals surface area contributed by atoms with Crippen LogP contribution >= 0.6 is 0 Å². The van der Waals surface area contributed by atoms with Gasteiger partial charge in [-0.2, -0.15) is 0 Å². The van der Waals surface area contributed by atoms with Crippen LogP contribution in [0.1, 0.15) is 0 Å². The highest BCUT2D eigenvalue weighted by Gasteiger charge is 2.25. The van der Waals surface area contributed by atoms with E-state index in [1.807, 2.05) is 0 Å². The molecule has 0 N–H and O–H groups in total. The first-order chi connectivity index (χ1) is 27.3. The van der Waals surface area contributed by atoms with Gasteiger partial charge in [0.15, 0.2) is 5.82 Å². The van der Waals surface area contributed by atoms with Crippen LogP contribution in [-0.4, -0.2) is 23.7 Å². The quantitative estimate of drug-likeness (QED) is 0.184. The van der Waals surface area contributed by atoms with Gasteiger partial charge in [-0.3, -0.25) is 4.57 Å². The van der Waals surface area contributed by atoms with Crippen molar-refractivity contribution in [3.05, 3.63) is 176 Å². The Kier molecular flexibility index (Phi) is 5.57. The molecule has 0 unspecified atom stereocenters. The van der Waals surface area contributed by atoms with Gasteiger partial charge in [0.25, 0.3) is 0 Å². The lowest BCUT2D eigenvalue weighted by Gasteiger charge is -2.13. The minimum Gasteiger partial charge on any atom is -0.309 e. The third-order valence-corrected chi connectivity index (χ3v) is 11.8. The van der Waals surface area contributed by atoms with E-state index < -0.39 is 0 Å². The monoisotopic (exact) mass is 699 g/mol. The van der Waals surface area contributed by atoms with Crippen molar-refractivity contribution < 1.29 is 0 Å². The lowest BCUT2D eigenvalue weighted by Crippen LogP contribution is -2.02. The van der Waals surface area contributed by atoms with Gasteiger partial charge >= 0.3 is 0 Å². The van der Waals surface area contributed by atoms with E-state index in [0.717, 1.165) is 50.1 Å². The Morgan fingerprint density at radius 1 is 0.327 bits per heavy atom. The molecule has 0 radical (unpaired) electrons. The molecule has 0 amide bonds. The SMILES string of the molecule is c1ccc(-n2c3ccccc3c3cc(-c4nnc(-n5c6ccccc6c6c7c8ccccc8n8c9ccccc9c(cc65)c78)c5ccccc45)ccc32)cc1. The molecular formula is C50H29N5. The van der Waals surface area contributed by atoms with Crippen molar-refractivity contribution in [3.8, 4) is 22.8 Å². The maximum absolute atomic E-state index is 5.17. The number of fused-ring (bicyclic) bond motifs is 14. The minimum absolute atomic E-state index is 0.828. The van der Waals surface area contributed by atoms with Crippen LogP contribution in [-0.2, 0) is 0 Å². The smallest absolute Gasteiger partial charge is 0.168 e. The molecule has 5 nitrogen and oxygen atoms in total. The van der Waals surface area contributed by atoms with E-state index in [2.05, 4.69) is 189 Å². The summed E-state index contributed by atoms with van der Waals surface area (Å²) >= 11 is 0. The van der Waals surface area contributed by atoms with Gasteiger partial charge in [0.1, 0.15) is 5.69 Å². The molecule has 13 rings (SSSR count). The van der Waals surface area contributed by atoms with E-state index in [1.54, 1.807) is 0 Å². The largest absolute Gasteiger partial charge is 0.309 e. The molecule has 0 aliphatic carbocycles. The normalized spacial score (nSPS) is 12.4. The number of para-hydroxylation sites is 5. The molecule has 5 heteroatoms. The number of hydrogen-bond donors (Lipinski definition) is 0. The fourth-order valence-electron chi connectivity index (χ4n) is 9.64. The van der Waals surface area contributed by atoms with E-state index in [0.29, 0.717) is 0 Å². The third kappa shape index (κ3) is 3.71. The molecule has 0 bridgehead atoms. The van der Waals surface area contributed by atoms with E-state index >= 15 is 0 Å². The zero-order chi connectivity index (χ0) is 35.8. The van der Waals surface area contributed by atoms with Crippen LogP contribution < -0.4 is 0 Å². The summed E-state index contributed by atoms with van der Waals surface area (Å²) in [7, 11) is 0. The van der Waals surface area contributed by atoms with Crippen LogP contribution in [0, 0.1) is 0 Å². The van der Waals surface area contributed by atoms with Crippen molar-refractivity contribution >= 4 is 92.5 Å². The maximum Gasteiger partial charge on any atom is 0.168 e. The second-order valence-electron chi connectivity index (χ2n) is 14.6. The topological polar surface area (TPSA) is 40.0 Å². The highest BCUT2D eigenvalue weighted by molar-refractivity contribution is 6.35. The molecular weight excluding hydrogens is 671 g/mol. The Morgan fingerprint density at radius 3 is 1.62 bits per heavy atom. The summed E-state index contributed by atoms with van der Waals surface area (Å²) in [6.07, 6.45) is 0. The molecule has 0 aliphatic heterocycles. The number of rotatable bonds is 3. The Hall–Kier alpha value is -7.50. The van der Waals surface area contributed by atoms with Crippen LogP contribution in [0.4, 0.5) is 0 Å². The number of hydrogen-bond acceptors (Lipinski definition) is 2. The van der Waals surface area contributed by atoms with Crippen molar-refractivity contribution in [2.24, 2.45) is 0 Å². The van der Waals surface area contributed by atoms with Gasteiger partial charge in [0, 0.05) is 65.1 Å². The van der Waals surface area contributed by atoms with Crippen LogP contribution in [0.5, 0.6) is 0 Å². The summed E-state index contributed by atoms with van der Waals surface area (Å²) < 4.78 is 7.16. The lowest BCUT2D eigenvalue weighted by molar-refractivity contribution is 0.977. The van der Waals surface area contributed by atoms with E-state index in [9.17, 15) is 0 Å². The molecule has 0 fully saturated rings. The number of benzene rings is 8. The molecule has 0 atom stereocenters. The summed E-state index contributed by atoms with van der Waals surface area (Å²) in [5, 5.41) is 22.3. The van der Waals surface area contributed by atoms with Gasteiger partial charge < -0.3 is 8.97 Å². The Bertz CT molecular complexity index is 3720.